The topological polar surface area (TPSA) is 9.23 Å². The molecule has 0 N–H and O–H groups in total. The fraction of sp³-hybridized carbons (Fsp3) is 1.00. The molecule has 0 aromatic rings. The second kappa shape index (κ2) is 5.34. The van der Waals surface area contributed by atoms with E-state index in [2.05, 4.69) is 34.6 Å². The van der Waals surface area contributed by atoms with Gasteiger partial charge in [0.2, 0.25) is 0 Å². The van der Waals surface area contributed by atoms with Gasteiger partial charge in [-0.1, -0.05) is 41.0 Å². The molecule has 15 heavy (non-hydrogen) atoms. The molecule has 0 saturated carbocycles. The highest BCUT2D eigenvalue weighted by atomic mass is 16.5. The maximum atomic E-state index is 5.61. The fourth-order valence-corrected chi connectivity index (χ4v) is 2.70. The summed E-state index contributed by atoms with van der Waals surface area (Å²) in [5.74, 6) is 2.49. The fourth-order valence-electron chi connectivity index (χ4n) is 2.70. The average molecular weight is 212 g/mol. The third-order valence-corrected chi connectivity index (χ3v) is 4.16. The Morgan fingerprint density at radius 1 is 1.33 bits per heavy atom. The Balaban J connectivity index is 2.50. The van der Waals surface area contributed by atoms with E-state index < -0.39 is 0 Å². The van der Waals surface area contributed by atoms with Crippen molar-refractivity contribution in [3.8, 4) is 0 Å². The van der Waals surface area contributed by atoms with Gasteiger partial charge in [-0.2, -0.15) is 0 Å². The summed E-state index contributed by atoms with van der Waals surface area (Å²) >= 11 is 0. The van der Waals surface area contributed by atoms with Gasteiger partial charge >= 0.3 is 0 Å². The van der Waals surface area contributed by atoms with Crippen molar-refractivity contribution in [1.29, 1.82) is 0 Å². The van der Waals surface area contributed by atoms with Crippen LogP contribution in [0.25, 0.3) is 0 Å². The number of rotatable bonds is 3. The molecule has 0 amide bonds. The third kappa shape index (κ3) is 3.79. The molecule has 1 heterocycles. The Kier molecular flexibility index (Phi) is 4.64. The zero-order valence-electron chi connectivity index (χ0n) is 11.2. The summed E-state index contributed by atoms with van der Waals surface area (Å²) < 4.78 is 5.61. The predicted octanol–water partition coefficient (Wildman–Crippen LogP) is 4.12. The van der Waals surface area contributed by atoms with Crippen LogP contribution in [0, 0.1) is 23.2 Å². The lowest BCUT2D eigenvalue weighted by atomic mass is 9.72. The lowest BCUT2D eigenvalue weighted by molar-refractivity contribution is 0.00358. The Morgan fingerprint density at radius 2 is 2.00 bits per heavy atom. The van der Waals surface area contributed by atoms with Crippen molar-refractivity contribution in [1.82, 2.24) is 0 Å². The first kappa shape index (κ1) is 13.0. The smallest absolute Gasteiger partial charge is 0.0496 e. The van der Waals surface area contributed by atoms with Gasteiger partial charge in [0.25, 0.3) is 0 Å². The van der Waals surface area contributed by atoms with Gasteiger partial charge in [-0.3, -0.25) is 0 Å². The second-order valence-corrected chi connectivity index (χ2v) is 6.31. The first-order valence-electron chi connectivity index (χ1n) is 6.53. The molecule has 3 atom stereocenters. The van der Waals surface area contributed by atoms with E-state index >= 15 is 0 Å². The second-order valence-electron chi connectivity index (χ2n) is 6.31. The van der Waals surface area contributed by atoms with Crippen LogP contribution in [0.1, 0.15) is 53.9 Å². The number of ether oxygens (including phenoxy) is 1. The van der Waals surface area contributed by atoms with Crippen molar-refractivity contribution in [2.45, 2.75) is 53.9 Å². The van der Waals surface area contributed by atoms with Crippen molar-refractivity contribution in [3.05, 3.63) is 0 Å². The first-order chi connectivity index (χ1) is 6.95. The van der Waals surface area contributed by atoms with E-state index in [0.29, 0.717) is 5.41 Å². The van der Waals surface area contributed by atoms with Crippen LogP contribution in [0.4, 0.5) is 0 Å². The molecule has 0 bridgehead atoms. The molecule has 90 valence electrons. The molecule has 0 radical (unpaired) electrons. The van der Waals surface area contributed by atoms with E-state index in [1.807, 2.05) is 0 Å². The van der Waals surface area contributed by atoms with Crippen molar-refractivity contribution in [2.24, 2.45) is 23.2 Å². The quantitative estimate of drug-likeness (QED) is 0.683. The summed E-state index contributed by atoms with van der Waals surface area (Å²) in [5, 5.41) is 0. The highest BCUT2D eigenvalue weighted by Crippen LogP contribution is 2.37. The monoisotopic (exact) mass is 212 g/mol. The molecule has 1 nitrogen and oxygen atoms in total. The van der Waals surface area contributed by atoms with Crippen LogP contribution in [0.3, 0.4) is 0 Å². The summed E-state index contributed by atoms with van der Waals surface area (Å²) in [6.45, 7) is 13.8. The van der Waals surface area contributed by atoms with E-state index in [1.54, 1.807) is 0 Å². The van der Waals surface area contributed by atoms with Crippen LogP contribution < -0.4 is 0 Å². The van der Waals surface area contributed by atoms with Gasteiger partial charge in [0, 0.05) is 13.2 Å². The summed E-state index contributed by atoms with van der Waals surface area (Å²) in [5.41, 5.74) is 0.450. The highest BCUT2D eigenvalue weighted by molar-refractivity contribution is 4.79. The van der Waals surface area contributed by atoms with Crippen LogP contribution in [-0.2, 0) is 4.74 Å². The van der Waals surface area contributed by atoms with Crippen LogP contribution in [0.15, 0.2) is 0 Å². The molecular formula is C14H28O. The zero-order chi connectivity index (χ0) is 11.5. The third-order valence-electron chi connectivity index (χ3n) is 4.16. The molecule has 1 rings (SSSR count). The van der Waals surface area contributed by atoms with E-state index in [9.17, 15) is 0 Å². The molecule has 1 aliphatic rings. The molecule has 1 saturated heterocycles. The van der Waals surface area contributed by atoms with Crippen LogP contribution >= 0.6 is 0 Å². The minimum Gasteiger partial charge on any atom is -0.381 e. The predicted molar refractivity (Wildman–Crippen MR) is 65.9 cm³/mol. The largest absolute Gasteiger partial charge is 0.381 e. The van der Waals surface area contributed by atoms with E-state index in [-0.39, 0.29) is 0 Å². The molecular weight excluding hydrogens is 184 g/mol. The number of hydrogen-bond donors (Lipinski definition) is 0. The Bertz CT molecular complexity index is 180. The summed E-state index contributed by atoms with van der Waals surface area (Å²) in [7, 11) is 0. The summed E-state index contributed by atoms with van der Waals surface area (Å²) in [4.78, 5) is 0. The average Bonchev–Trinajstić information content (AvgIpc) is 2.14. The van der Waals surface area contributed by atoms with Crippen LogP contribution in [0.5, 0.6) is 0 Å². The Labute approximate surface area is 95.6 Å². The van der Waals surface area contributed by atoms with Gasteiger partial charge in [-0.15, -0.1) is 0 Å². The maximum Gasteiger partial charge on any atom is 0.0496 e. The van der Waals surface area contributed by atoms with Crippen molar-refractivity contribution >= 4 is 0 Å². The standard InChI is InChI=1S/C14H28O/c1-6-13(14(3,4)5)9-12-10-15-8-7-11(12)2/h11-13H,6-10H2,1-5H3/t11-,12?,13-/m1/s1. The molecule has 1 fully saturated rings. The van der Waals surface area contributed by atoms with Crippen LogP contribution in [-0.4, -0.2) is 13.2 Å². The van der Waals surface area contributed by atoms with Crippen molar-refractivity contribution in [2.75, 3.05) is 13.2 Å². The van der Waals surface area contributed by atoms with Gasteiger partial charge in [-0.05, 0) is 36.0 Å². The minimum atomic E-state index is 0.450. The Hall–Kier alpha value is -0.0400. The first-order valence-corrected chi connectivity index (χ1v) is 6.53. The van der Waals surface area contributed by atoms with E-state index in [4.69, 9.17) is 4.74 Å². The van der Waals surface area contributed by atoms with Gasteiger partial charge < -0.3 is 4.74 Å². The van der Waals surface area contributed by atoms with E-state index in [0.717, 1.165) is 31.0 Å². The van der Waals surface area contributed by atoms with Gasteiger partial charge in [0.1, 0.15) is 0 Å². The highest BCUT2D eigenvalue weighted by Gasteiger charge is 2.29. The molecule has 0 spiro atoms. The zero-order valence-corrected chi connectivity index (χ0v) is 11.2. The minimum absolute atomic E-state index is 0.450. The summed E-state index contributed by atoms with van der Waals surface area (Å²) in [6.07, 6.45) is 3.90. The van der Waals surface area contributed by atoms with Crippen LogP contribution in [0.2, 0.25) is 0 Å². The summed E-state index contributed by atoms with van der Waals surface area (Å²) in [6, 6.07) is 0. The maximum absolute atomic E-state index is 5.61. The molecule has 0 aromatic carbocycles. The molecule has 0 aromatic heterocycles. The normalized spacial score (nSPS) is 30.2. The lowest BCUT2D eigenvalue weighted by Gasteiger charge is -2.37. The van der Waals surface area contributed by atoms with E-state index in [1.165, 1.54) is 19.3 Å². The van der Waals surface area contributed by atoms with Gasteiger partial charge in [0.05, 0.1) is 0 Å². The molecule has 0 aliphatic carbocycles. The van der Waals surface area contributed by atoms with Crippen molar-refractivity contribution < 1.29 is 4.74 Å². The Morgan fingerprint density at radius 3 is 2.47 bits per heavy atom. The lowest BCUT2D eigenvalue weighted by Crippen LogP contribution is -2.31. The molecule has 1 heteroatoms. The number of hydrogen-bond acceptors (Lipinski definition) is 1. The van der Waals surface area contributed by atoms with Crippen molar-refractivity contribution in [3.63, 3.8) is 0 Å². The molecule has 1 aliphatic heterocycles. The SMILES string of the molecule is CC[C@H](CC1COCC[C@H]1C)C(C)(C)C. The van der Waals surface area contributed by atoms with Gasteiger partial charge in [0.15, 0.2) is 0 Å². The molecule has 1 unspecified atom stereocenters. The van der Waals surface area contributed by atoms with Gasteiger partial charge in [-0.25, -0.2) is 0 Å².